The molecule has 0 saturated heterocycles. The summed E-state index contributed by atoms with van der Waals surface area (Å²) < 4.78 is 5.74. The minimum atomic E-state index is -0.315. The number of aryl methyl sites for hydroxylation is 1. The number of amides is 1. The number of hydrogen-bond acceptors (Lipinski definition) is 5. The van der Waals surface area contributed by atoms with Gasteiger partial charge in [0.25, 0.3) is 5.91 Å². The summed E-state index contributed by atoms with van der Waals surface area (Å²) in [7, 11) is 0. The van der Waals surface area contributed by atoms with Crippen molar-refractivity contribution in [2.45, 2.75) is 25.9 Å². The van der Waals surface area contributed by atoms with Gasteiger partial charge >= 0.3 is 0 Å². The molecular formula is C23H19N3O2S2. The molecule has 1 aliphatic carbocycles. The number of thiocarbonyl (C=S) groups is 1. The Labute approximate surface area is 184 Å². The second kappa shape index (κ2) is 9.08. The van der Waals surface area contributed by atoms with Crippen molar-refractivity contribution in [3.63, 3.8) is 0 Å². The molecule has 1 heterocycles. The van der Waals surface area contributed by atoms with Crippen molar-refractivity contribution in [3.8, 4) is 11.8 Å². The monoisotopic (exact) mass is 433 g/mol. The van der Waals surface area contributed by atoms with E-state index in [1.54, 1.807) is 35.6 Å². The predicted molar refractivity (Wildman–Crippen MR) is 122 cm³/mol. The Morgan fingerprint density at radius 1 is 1.13 bits per heavy atom. The summed E-state index contributed by atoms with van der Waals surface area (Å²) in [6, 6.07) is 19.0. The van der Waals surface area contributed by atoms with E-state index in [4.69, 9.17) is 17.0 Å². The fraction of sp³-hybridized carbons (Fsp3) is 0.174. The third kappa shape index (κ3) is 4.51. The van der Waals surface area contributed by atoms with Gasteiger partial charge < -0.3 is 10.1 Å². The summed E-state index contributed by atoms with van der Waals surface area (Å²) in [6.07, 6.45) is 3.00. The van der Waals surface area contributed by atoms with Crippen LogP contribution >= 0.6 is 23.6 Å². The first-order valence-electron chi connectivity index (χ1n) is 9.58. The Hall–Kier alpha value is -3.21. The first kappa shape index (κ1) is 20.1. The number of rotatable bonds is 5. The van der Waals surface area contributed by atoms with Crippen molar-refractivity contribution in [3.05, 3.63) is 81.7 Å². The van der Waals surface area contributed by atoms with Crippen LogP contribution in [0.15, 0.2) is 54.6 Å². The van der Waals surface area contributed by atoms with Gasteiger partial charge in [-0.3, -0.25) is 10.1 Å². The molecule has 150 valence electrons. The van der Waals surface area contributed by atoms with Crippen LogP contribution in [0.1, 0.15) is 38.3 Å². The summed E-state index contributed by atoms with van der Waals surface area (Å²) >= 11 is 6.82. The molecule has 1 amide bonds. The number of carbonyl (C=O) groups excluding carboxylic acids is 1. The topological polar surface area (TPSA) is 74.2 Å². The van der Waals surface area contributed by atoms with Gasteiger partial charge in [-0.2, -0.15) is 5.26 Å². The second-order valence-corrected chi connectivity index (χ2v) is 8.39. The minimum Gasteiger partial charge on any atom is -0.489 e. The fourth-order valence-electron chi connectivity index (χ4n) is 3.36. The molecule has 0 bridgehead atoms. The number of nitrogens with one attached hydrogen (secondary N) is 2. The van der Waals surface area contributed by atoms with Gasteiger partial charge in [0.05, 0.1) is 5.56 Å². The summed E-state index contributed by atoms with van der Waals surface area (Å²) in [4.78, 5) is 13.7. The van der Waals surface area contributed by atoms with E-state index in [-0.39, 0.29) is 11.0 Å². The molecule has 2 aromatic carbocycles. The maximum atomic E-state index is 12.5. The number of nitriles is 1. The lowest BCUT2D eigenvalue weighted by molar-refractivity contribution is 0.0977. The van der Waals surface area contributed by atoms with Crippen LogP contribution < -0.4 is 15.4 Å². The third-order valence-corrected chi connectivity index (χ3v) is 6.26. The van der Waals surface area contributed by atoms with Crippen molar-refractivity contribution in [2.75, 3.05) is 5.32 Å². The fourth-order valence-corrected chi connectivity index (χ4v) is 4.87. The van der Waals surface area contributed by atoms with Crippen molar-refractivity contribution in [1.29, 1.82) is 5.26 Å². The normalized spacial score (nSPS) is 12.0. The van der Waals surface area contributed by atoms with Gasteiger partial charge in [0, 0.05) is 10.4 Å². The highest BCUT2D eigenvalue weighted by Gasteiger charge is 2.22. The Morgan fingerprint density at radius 3 is 2.63 bits per heavy atom. The molecule has 0 fully saturated rings. The number of carbonyl (C=O) groups is 1. The molecular weight excluding hydrogens is 414 g/mol. The molecule has 0 saturated carbocycles. The highest BCUT2D eigenvalue weighted by atomic mass is 32.1. The maximum absolute atomic E-state index is 12.5. The van der Waals surface area contributed by atoms with Gasteiger partial charge in [0.1, 0.15) is 23.4 Å². The Morgan fingerprint density at radius 2 is 1.90 bits per heavy atom. The molecule has 1 aliphatic rings. The highest BCUT2D eigenvalue weighted by Crippen LogP contribution is 2.38. The van der Waals surface area contributed by atoms with Gasteiger partial charge in [0.2, 0.25) is 0 Å². The van der Waals surface area contributed by atoms with Crippen LogP contribution in [0.4, 0.5) is 5.00 Å². The van der Waals surface area contributed by atoms with E-state index in [0.717, 1.165) is 30.4 Å². The molecule has 0 unspecified atom stereocenters. The number of thiophene rings is 1. The van der Waals surface area contributed by atoms with Crippen LogP contribution in [-0.2, 0) is 19.4 Å². The molecule has 0 atom stereocenters. The molecule has 0 radical (unpaired) electrons. The lowest BCUT2D eigenvalue weighted by Gasteiger charge is -2.10. The van der Waals surface area contributed by atoms with E-state index < -0.39 is 0 Å². The zero-order valence-corrected chi connectivity index (χ0v) is 17.7. The third-order valence-electron chi connectivity index (χ3n) is 4.85. The maximum Gasteiger partial charge on any atom is 0.257 e. The zero-order chi connectivity index (χ0) is 20.9. The molecule has 4 rings (SSSR count). The molecule has 3 aromatic rings. The molecule has 2 N–H and O–H groups in total. The lowest BCUT2D eigenvalue weighted by atomic mass is 10.1. The van der Waals surface area contributed by atoms with E-state index in [2.05, 4.69) is 16.7 Å². The summed E-state index contributed by atoms with van der Waals surface area (Å²) in [5.41, 5.74) is 3.31. The van der Waals surface area contributed by atoms with Crippen LogP contribution in [0.5, 0.6) is 5.75 Å². The Kier molecular flexibility index (Phi) is 6.07. The van der Waals surface area contributed by atoms with Gasteiger partial charge in [-0.1, -0.05) is 30.3 Å². The first-order chi connectivity index (χ1) is 14.6. The number of fused-ring (bicyclic) bond motifs is 1. The van der Waals surface area contributed by atoms with Crippen LogP contribution in [0.2, 0.25) is 0 Å². The molecule has 1 aromatic heterocycles. The van der Waals surface area contributed by atoms with Crippen LogP contribution in [0, 0.1) is 11.3 Å². The van der Waals surface area contributed by atoms with Crippen molar-refractivity contribution in [1.82, 2.24) is 5.32 Å². The van der Waals surface area contributed by atoms with Crippen LogP contribution in [-0.4, -0.2) is 11.0 Å². The first-order valence-corrected chi connectivity index (χ1v) is 10.8. The van der Waals surface area contributed by atoms with Crippen molar-refractivity contribution < 1.29 is 9.53 Å². The van der Waals surface area contributed by atoms with E-state index in [1.807, 2.05) is 30.3 Å². The Balaban J connectivity index is 1.33. The van der Waals surface area contributed by atoms with E-state index in [1.165, 1.54) is 4.88 Å². The minimum absolute atomic E-state index is 0.181. The smallest absolute Gasteiger partial charge is 0.257 e. The number of benzene rings is 2. The quantitative estimate of drug-likeness (QED) is 0.565. The summed E-state index contributed by atoms with van der Waals surface area (Å²) in [6.45, 7) is 0.465. The SMILES string of the molecule is N#Cc1c(NC(=S)NC(=O)c2ccc(OCc3ccccc3)cc2)sc2c1CCC2. The predicted octanol–water partition coefficient (Wildman–Crippen LogP) is 4.81. The van der Waals surface area contributed by atoms with E-state index in [0.29, 0.717) is 28.5 Å². The van der Waals surface area contributed by atoms with Crippen LogP contribution in [0.3, 0.4) is 0 Å². The molecule has 0 aliphatic heterocycles. The lowest BCUT2D eigenvalue weighted by Crippen LogP contribution is -2.34. The average Bonchev–Trinajstić information content (AvgIpc) is 3.34. The molecule has 5 nitrogen and oxygen atoms in total. The second-order valence-electron chi connectivity index (χ2n) is 6.88. The summed E-state index contributed by atoms with van der Waals surface area (Å²) in [5, 5.41) is 16.0. The van der Waals surface area contributed by atoms with Gasteiger partial charge in [0.15, 0.2) is 5.11 Å². The average molecular weight is 434 g/mol. The highest BCUT2D eigenvalue weighted by molar-refractivity contribution is 7.80. The molecule has 30 heavy (non-hydrogen) atoms. The van der Waals surface area contributed by atoms with Gasteiger partial charge in [-0.05, 0) is 66.9 Å². The number of hydrogen-bond donors (Lipinski definition) is 2. The van der Waals surface area contributed by atoms with Crippen molar-refractivity contribution in [2.24, 2.45) is 0 Å². The van der Waals surface area contributed by atoms with Crippen molar-refractivity contribution >= 4 is 39.6 Å². The van der Waals surface area contributed by atoms with Gasteiger partial charge in [-0.25, -0.2) is 0 Å². The molecule has 7 heteroatoms. The van der Waals surface area contributed by atoms with E-state index in [9.17, 15) is 10.1 Å². The number of anilines is 1. The van der Waals surface area contributed by atoms with Crippen LogP contribution in [0.25, 0.3) is 0 Å². The number of ether oxygens (including phenoxy) is 1. The van der Waals surface area contributed by atoms with Gasteiger partial charge in [-0.15, -0.1) is 11.3 Å². The largest absolute Gasteiger partial charge is 0.489 e. The van der Waals surface area contributed by atoms with E-state index >= 15 is 0 Å². The summed E-state index contributed by atoms with van der Waals surface area (Å²) in [5.74, 6) is 0.368. The Bertz CT molecular complexity index is 1120. The number of nitrogens with zero attached hydrogens (tertiary/aromatic N) is 1. The zero-order valence-electron chi connectivity index (χ0n) is 16.1. The molecule has 0 spiro atoms. The standard InChI is InChI=1S/C23H19N3O2S2/c24-13-19-18-7-4-8-20(18)30-22(19)26-23(29)25-21(27)16-9-11-17(12-10-16)28-14-15-5-2-1-3-6-15/h1-3,5-6,9-12H,4,7-8,14H2,(H2,25,26,27,29).